The molecule has 1 fully saturated rings. The molecule has 33 heavy (non-hydrogen) atoms. The quantitative estimate of drug-likeness (QED) is 0.599. The van der Waals surface area contributed by atoms with Gasteiger partial charge in [-0.2, -0.15) is 0 Å². The van der Waals surface area contributed by atoms with Gasteiger partial charge in [-0.1, -0.05) is 55.7 Å². The van der Waals surface area contributed by atoms with Crippen LogP contribution in [-0.2, 0) is 4.79 Å². The summed E-state index contributed by atoms with van der Waals surface area (Å²) in [4.78, 5) is 43.0. The minimum Gasteiger partial charge on any atom is -0.370 e. The number of carbonyl (C=O) groups excluding carboxylic acids is 2. The van der Waals surface area contributed by atoms with Crippen molar-refractivity contribution in [1.82, 2.24) is 14.9 Å². The lowest BCUT2D eigenvalue weighted by Crippen LogP contribution is -2.41. The summed E-state index contributed by atoms with van der Waals surface area (Å²) in [6.07, 6.45) is 5.08. The van der Waals surface area contributed by atoms with E-state index in [2.05, 4.69) is 10.3 Å². The molecule has 3 aromatic rings. The summed E-state index contributed by atoms with van der Waals surface area (Å²) >= 11 is 0. The van der Waals surface area contributed by atoms with Gasteiger partial charge in [-0.05, 0) is 43.5 Å². The zero-order valence-electron chi connectivity index (χ0n) is 19.1. The fourth-order valence-corrected chi connectivity index (χ4v) is 4.72. The largest absolute Gasteiger partial charge is 0.370 e. The van der Waals surface area contributed by atoms with E-state index < -0.39 is 11.9 Å². The van der Waals surface area contributed by atoms with Gasteiger partial charge in [0.2, 0.25) is 5.91 Å². The molecule has 7 heteroatoms. The van der Waals surface area contributed by atoms with Gasteiger partial charge in [-0.3, -0.25) is 19.0 Å². The summed E-state index contributed by atoms with van der Waals surface area (Å²) < 4.78 is 1.40. The number of hydrogen-bond acceptors (Lipinski definition) is 4. The molecule has 1 aromatic heterocycles. The Hall–Kier alpha value is -3.48. The van der Waals surface area contributed by atoms with Crippen molar-refractivity contribution in [3.8, 4) is 11.3 Å². The zero-order valence-corrected chi connectivity index (χ0v) is 19.1. The van der Waals surface area contributed by atoms with Crippen LogP contribution in [-0.4, -0.2) is 27.4 Å². The minimum absolute atomic E-state index is 0.0514. The first-order valence-electron chi connectivity index (χ1n) is 11.6. The molecule has 0 bridgehead atoms. The van der Waals surface area contributed by atoms with E-state index in [1.807, 2.05) is 42.5 Å². The summed E-state index contributed by atoms with van der Waals surface area (Å²) in [6.45, 7) is 3.36. The SMILES string of the molecule is Cc1nc(-c2ccc3ccccc3c2)c(C(=O)NC2CCCCC2)n(C(C)CC(N)=O)c1=O. The lowest BCUT2D eigenvalue weighted by molar-refractivity contribution is -0.118. The molecule has 7 nitrogen and oxygen atoms in total. The van der Waals surface area contributed by atoms with Gasteiger partial charge in [-0.25, -0.2) is 4.98 Å². The normalized spacial score (nSPS) is 15.3. The maximum atomic E-state index is 13.6. The highest BCUT2D eigenvalue weighted by Crippen LogP contribution is 2.28. The van der Waals surface area contributed by atoms with Crippen molar-refractivity contribution in [2.75, 3.05) is 0 Å². The van der Waals surface area contributed by atoms with Crippen LogP contribution >= 0.6 is 0 Å². The van der Waals surface area contributed by atoms with E-state index in [0.29, 0.717) is 5.69 Å². The van der Waals surface area contributed by atoms with E-state index in [1.54, 1.807) is 13.8 Å². The van der Waals surface area contributed by atoms with Crippen molar-refractivity contribution in [2.45, 2.75) is 64.5 Å². The average molecular weight is 447 g/mol. The highest BCUT2D eigenvalue weighted by Gasteiger charge is 2.27. The standard InChI is InChI=1S/C26H30N4O3/c1-16(14-22(27)31)30-24(25(32)29-21-10-4-3-5-11-21)23(28-17(2)26(30)33)20-13-12-18-8-6-7-9-19(18)15-20/h6-9,12-13,15-16,21H,3-5,10-11,14H2,1-2H3,(H2,27,31)(H,29,32). The van der Waals surface area contributed by atoms with E-state index in [0.717, 1.165) is 42.0 Å². The van der Waals surface area contributed by atoms with Crippen LogP contribution in [0.3, 0.4) is 0 Å². The van der Waals surface area contributed by atoms with Gasteiger partial charge in [0.15, 0.2) is 0 Å². The fourth-order valence-electron chi connectivity index (χ4n) is 4.72. The first kappa shape index (κ1) is 22.7. The van der Waals surface area contributed by atoms with Crippen molar-refractivity contribution in [3.05, 3.63) is 64.2 Å². The number of carbonyl (C=O) groups is 2. The fraction of sp³-hybridized carbons (Fsp3) is 0.385. The molecule has 1 atom stereocenters. The number of nitrogens with zero attached hydrogens (tertiary/aromatic N) is 2. The second kappa shape index (κ2) is 9.57. The summed E-state index contributed by atoms with van der Waals surface area (Å²) in [5.74, 6) is -0.874. The monoisotopic (exact) mass is 446 g/mol. The number of benzene rings is 2. The molecule has 1 saturated carbocycles. The average Bonchev–Trinajstić information content (AvgIpc) is 2.80. The van der Waals surface area contributed by atoms with Gasteiger partial charge in [0.25, 0.3) is 11.5 Å². The van der Waals surface area contributed by atoms with E-state index in [9.17, 15) is 14.4 Å². The third-order valence-electron chi connectivity index (χ3n) is 6.39. The number of aromatic nitrogens is 2. The molecule has 4 rings (SSSR count). The number of aryl methyl sites for hydroxylation is 1. The Bertz CT molecular complexity index is 1260. The van der Waals surface area contributed by atoms with E-state index in [4.69, 9.17) is 5.73 Å². The summed E-state index contributed by atoms with van der Waals surface area (Å²) in [6, 6.07) is 13.3. The highest BCUT2D eigenvalue weighted by atomic mass is 16.2. The van der Waals surface area contributed by atoms with Crippen LogP contribution in [0.25, 0.3) is 22.0 Å². The number of rotatable bonds is 6. The lowest BCUT2D eigenvalue weighted by atomic mass is 9.95. The molecule has 1 heterocycles. The van der Waals surface area contributed by atoms with Crippen LogP contribution in [0.2, 0.25) is 0 Å². The molecule has 1 aliphatic carbocycles. The van der Waals surface area contributed by atoms with Gasteiger partial charge in [0.1, 0.15) is 17.1 Å². The van der Waals surface area contributed by atoms with Crippen molar-refractivity contribution < 1.29 is 9.59 Å². The van der Waals surface area contributed by atoms with E-state index in [-0.39, 0.29) is 35.3 Å². The maximum Gasteiger partial charge on any atom is 0.272 e. The second-order valence-electron chi connectivity index (χ2n) is 8.96. The van der Waals surface area contributed by atoms with Crippen molar-refractivity contribution in [3.63, 3.8) is 0 Å². The number of amides is 2. The summed E-state index contributed by atoms with van der Waals surface area (Å²) in [5, 5.41) is 5.20. The molecule has 2 amide bonds. The molecule has 2 aromatic carbocycles. The van der Waals surface area contributed by atoms with Crippen molar-refractivity contribution in [2.24, 2.45) is 5.73 Å². The number of nitrogens with one attached hydrogen (secondary N) is 1. The van der Waals surface area contributed by atoms with E-state index in [1.165, 1.54) is 11.0 Å². The van der Waals surface area contributed by atoms with Gasteiger partial charge in [-0.15, -0.1) is 0 Å². The molecule has 1 unspecified atom stereocenters. The van der Waals surface area contributed by atoms with Gasteiger partial charge < -0.3 is 11.1 Å². The molecule has 1 aliphatic rings. The third kappa shape index (κ3) is 4.82. The number of fused-ring (bicyclic) bond motifs is 1. The molecule has 0 saturated heterocycles. The van der Waals surface area contributed by atoms with Crippen LogP contribution in [0.1, 0.15) is 67.7 Å². The van der Waals surface area contributed by atoms with Crippen LogP contribution in [0.4, 0.5) is 0 Å². The van der Waals surface area contributed by atoms with Crippen LogP contribution < -0.4 is 16.6 Å². The van der Waals surface area contributed by atoms with Gasteiger partial charge in [0.05, 0.1) is 0 Å². The van der Waals surface area contributed by atoms with Crippen LogP contribution in [0.5, 0.6) is 0 Å². The molecule has 3 N–H and O–H groups in total. The predicted molar refractivity (Wildman–Crippen MR) is 129 cm³/mol. The Balaban J connectivity index is 1.90. The van der Waals surface area contributed by atoms with Gasteiger partial charge >= 0.3 is 0 Å². The Labute approximate surface area is 193 Å². The number of nitrogens with two attached hydrogens (primary N) is 1. The molecule has 0 radical (unpaired) electrons. The third-order valence-corrected chi connectivity index (χ3v) is 6.39. The highest BCUT2D eigenvalue weighted by molar-refractivity contribution is 5.99. The lowest BCUT2D eigenvalue weighted by Gasteiger charge is -2.26. The minimum atomic E-state index is -0.581. The van der Waals surface area contributed by atoms with Crippen LogP contribution in [0.15, 0.2) is 47.3 Å². The second-order valence-corrected chi connectivity index (χ2v) is 8.96. The predicted octanol–water partition coefficient (Wildman–Crippen LogP) is 3.87. The van der Waals surface area contributed by atoms with Gasteiger partial charge in [0, 0.05) is 24.1 Å². The Morgan fingerprint density at radius 2 is 1.82 bits per heavy atom. The summed E-state index contributed by atoms with van der Waals surface area (Å²) in [5.41, 5.74) is 6.67. The Morgan fingerprint density at radius 1 is 1.12 bits per heavy atom. The molecule has 172 valence electrons. The topological polar surface area (TPSA) is 107 Å². The molecule has 0 spiro atoms. The van der Waals surface area contributed by atoms with Crippen molar-refractivity contribution in [1.29, 1.82) is 0 Å². The Morgan fingerprint density at radius 3 is 2.52 bits per heavy atom. The maximum absolute atomic E-state index is 13.6. The first-order valence-corrected chi connectivity index (χ1v) is 11.6. The number of primary amides is 1. The number of hydrogen-bond donors (Lipinski definition) is 2. The van der Waals surface area contributed by atoms with Crippen LogP contribution in [0, 0.1) is 6.92 Å². The summed E-state index contributed by atoms with van der Waals surface area (Å²) in [7, 11) is 0. The molecular weight excluding hydrogens is 416 g/mol. The molecular formula is C26H30N4O3. The molecule has 0 aliphatic heterocycles. The van der Waals surface area contributed by atoms with E-state index >= 15 is 0 Å². The first-order chi connectivity index (χ1) is 15.8. The Kier molecular flexibility index (Phi) is 6.58. The zero-order chi connectivity index (χ0) is 23.5. The smallest absolute Gasteiger partial charge is 0.272 e. The van der Waals surface area contributed by atoms with Crippen molar-refractivity contribution >= 4 is 22.6 Å².